The molecule has 1 aromatic heterocycles. The second-order valence-electron chi connectivity index (χ2n) is 4.50. The molecule has 0 bridgehead atoms. The van der Waals surface area contributed by atoms with Crippen LogP contribution in [0.3, 0.4) is 0 Å². The van der Waals surface area contributed by atoms with Crippen molar-refractivity contribution in [2.24, 2.45) is 5.84 Å². The second-order valence-corrected chi connectivity index (χ2v) is 5.53. The van der Waals surface area contributed by atoms with Gasteiger partial charge in [0.2, 0.25) is 0 Å². The Bertz CT molecular complexity index is 465. The van der Waals surface area contributed by atoms with E-state index in [2.05, 4.69) is 54.1 Å². The van der Waals surface area contributed by atoms with Crippen LogP contribution in [0, 0.1) is 0 Å². The van der Waals surface area contributed by atoms with Gasteiger partial charge in [-0.25, -0.2) is 0 Å². The number of hydrogen-bond donors (Lipinski definition) is 2. The predicted octanol–water partition coefficient (Wildman–Crippen LogP) is 3.45. The first kappa shape index (κ1) is 13.3. The quantitative estimate of drug-likeness (QED) is 0.616. The number of benzene rings is 1. The number of hydrogen-bond acceptors (Lipinski definition) is 3. The van der Waals surface area contributed by atoms with Crippen molar-refractivity contribution in [3.05, 3.63) is 57.8 Å². The maximum atomic E-state index is 5.70. The minimum atomic E-state index is 0.195. The summed E-state index contributed by atoms with van der Waals surface area (Å²) in [6, 6.07) is 13.2. The van der Waals surface area contributed by atoms with E-state index in [1.807, 2.05) is 0 Å². The molecule has 96 valence electrons. The Morgan fingerprint density at radius 1 is 1.28 bits per heavy atom. The Morgan fingerprint density at radius 2 is 2.17 bits per heavy atom. The molecule has 0 saturated carbocycles. The van der Waals surface area contributed by atoms with Gasteiger partial charge in [0.15, 0.2) is 0 Å². The van der Waals surface area contributed by atoms with Crippen LogP contribution in [0.2, 0.25) is 0 Å². The molecule has 0 spiro atoms. The molecule has 2 rings (SSSR count). The molecule has 2 aromatic rings. The minimum Gasteiger partial charge on any atom is -0.271 e. The summed E-state index contributed by atoms with van der Waals surface area (Å²) in [5.74, 6) is 5.70. The minimum absolute atomic E-state index is 0.195. The molecule has 0 aliphatic heterocycles. The van der Waals surface area contributed by atoms with Crippen molar-refractivity contribution in [1.29, 1.82) is 0 Å². The van der Waals surface area contributed by atoms with Crippen molar-refractivity contribution in [3.63, 3.8) is 0 Å². The van der Waals surface area contributed by atoms with Gasteiger partial charge in [0.05, 0.1) is 6.04 Å². The molecule has 0 aliphatic carbocycles. The largest absolute Gasteiger partial charge is 0.271 e. The van der Waals surface area contributed by atoms with E-state index in [1.54, 1.807) is 11.3 Å². The highest BCUT2D eigenvalue weighted by Crippen LogP contribution is 2.21. The third-order valence-corrected chi connectivity index (χ3v) is 3.98. The fraction of sp³-hybridized carbons (Fsp3) is 0.333. The third kappa shape index (κ3) is 3.42. The average Bonchev–Trinajstić information content (AvgIpc) is 2.89. The van der Waals surface area contributed by atoms with Gasteiger partial charge in [-0.2, -0.15) is 0 Å². The first-order valence-electron chi connectivity index (χ1n) is 6.41. The van der Waals surface area contributed by atoms with E-state index in [0.717, 1.165) is 12.8 Å². The van der Waals surface area contributed by atoms with Crippen LogP contribution < -0.4 is 11.3 Å². The summed E-state index contributed by atoms with van der Waals surface area (Å²) in [4.78, 5) is 1.36. The first-order chi connectivity index (χ1) is 8.83. The summed E-state index contributed by atoms with van der Waals surface area (Å²) < 4.78 is 0. The number of rotatable bonds is 6. The molecule has 1 atom stereocenters. The van der Waals surface area contributed by atoms with Crippen LogP contribution in [0.5, 0.6) is 0 Å². The summed E-state index contributed by atoms with van der Waals surface area (Å²) in [5.41, 5.74) is 5.60. The predicted molar refractivity (Wildman–Crippen MR) is 78.5 cm³/mol. The highest BCUT2D eigenvalue weighted by molar-refractivity contribution is 7.09. The molecular weight excluding hydrogens is 240 g/mol. The Hall–Kier alpha value is -1.16. The summed E-state index contributed by atoms with van der Waals surface area (Å²) >= 11 is 1.78. The Labute approximate surface area is 113 Å². The van der Waals surface area contributed by atoms with E-state index in [4.69, 9.17) is 5.84 Å². The molecule has 0 amide bonds. The molecule has 3 N–H and O–H groups in total. The summed E-state index contributed by atoms with van der Waals surface area (Å²) in [7, 11) is 0. The van der Waals surface area contributed by atoms with Gasteiger partial charge in [0, 0.05) is 11.3 Å². The van der Waals surface area contributed by atoms with Crippen molar-refractivity contribution < 1.29 is 0 Å². The average molecular weight is 260 g/mol. The van der Waals surface area contributed by atoms with Gasteiger partial charge in [-0.05, 0) is 29.0 Å². The summed E-state index contributed by atoms with van der Waals surface area (Å²) in [5, 5.41) is 2.11. The molecule has 0 aliphatic rings. The van der Waals surface area contributed by atoms with E-state index < -0.39 is 0 Å². The molecule has 1 heterocycles. The fourth-order valence-corrected chi connectivity index (χ4v) is 2.91. The Kier molecular flexibility index (Phi) is 4.93. The molecule has 0 fully saturated rings. The van der Waals surface area contributed by atoms with E-state index >= 15 is 0 Å². The maximum Gasteiger partial charge on any atom is 0.0508 e. The molecule has 1 aromatic carbocycles. The van der Waals surface area contributed by atoms with Crippen molar-refractivity contribution in [2.45, 2.75) is 32.2 Å². The molecule has 2 nitrogen and oxygen atoms in total. The van der Waals surface area contributed by atoms with Crippen molar-refractivity contribution >= 4 is 11.3 Å². The van der Waals surface area contributed by atoms with Gasteiger partial charge in [0.25, 0.3) is 0 Å². The normalized spacial score (nSPS) is 12.6. The van der Waals surface area contributed by atoms with Gasteiger partial charge >= 0.3 is 0 Å². The molecule has 3 heteroatoms. The number of nitrogens with two attached hydrogens (primary N) is 1. The fourth-order valence-electron chi connectivity index (χ4n) is 2.16. The lowest BCUT2D eigenvalue weighted by atomic mass is 9.99. The van der Waals surface area contributed by atoms with Crippen molar-refractivity contribution in [2.75, 3.05) is 0 Å². The Balaban J connectivity index is 2.13. The number of aryl methyl sites for hydroxylation is 1. The third-order valence-electron chi connectivity index (χ3n) is 3.08. The van der Waals surface area contributed by atoms with Gasteiger partial charge in [-0.3, -0.25) is 11.3 Å². The van der Waals surface area contributed by atoms with Crippen LogP contribution >= 0.6 is 11.3 Å². The molecule has 18 heavy (non-hydrogen) atoms. The summed E-state index contributed by atoms with van der Waals surface area (Å²) in [6.07, 6.45) is 3.25. The lowest BCUT2D eigenvalue weighted by Gasteiger charge is -2.16. The summed E-state index contributed by atoms with van der Waals surface area (Å²) in [6.45, 7) is 2.21. The van der Waals surface area contributed by atoms with Crippen LogP contribution in [-0.2, 0) is 12.8 Å². The van der Waals surface area contributed by atoms with E-state index in [0.29, 0.717) is 0 Å². The van der Waals surface area contributed by atoms with E-state index in [-0.39, 0.29) is 6.04 Å². The van der Waals surface area contributed by atoms with E-state index in [1.165, 1.54) is 22.4 Å². The lowest BCUT2D eigenvalue weighted by Crippen LogP contribution is -2.29. The SMILES string of the molecule is CCCc1cccc(C(Cc2cccs2)NN)c1. The van der Waals surface area contributed by atoms with Crippen LogP contribution in [0.25, 0.3) is 0 Å². The zero-order valence-corrected chi connectivity index (χ0v) is 11.5. The van der Waals surface area contributed by atoms with Gasteiger partial charge in [-0.15, -0.1) is 11.3 Å². The smallest absolute Gasteiger partial charge is 0.0508 e. The first-order valence-corrected chi connectivity index (χ1v) is 7.28. The van der Waals surface area contributed by atoms with Crippen LogP contribution in [-0.4, -0.2) is 0 Å². The zero-order valence-electron chi connectivity index (χ0n) is 10.7. The highest BCUT2D eigenvalue weighted by atomic mass is 32.1. The number of hydrazine groups is 1. The van der Waals surface area contributed by atoms with Crippen LogP contribution in [0.15, 0.2) is 41.8 Å². The van der Waals surface area contributed by atoms with E-state index in [9.17, 15) is 0 Å². The maximum absolute atomic E-state index is 5.70. The van der Waals surface area contributed by atoms with Gasteiger partial charge < -0.3 is 0 Å². The monoisotopic (exact) mass is 260 g/mol. The van der Waals surface area contributed by atoms with Gasteiger partial charge in [0.1, 0.15) is 0 Å². The molecule has 0 radical (unpaired) electrons. The topological polar surface area (TPSA) is 38.0 Å². The standard InChI is InChI=1S/C15H20N2S/c1-2-5-12-6-3-7-13(10-12)15(17-16)11-14-8-4-9-18-14/h3-4,6-10,15,17H,2,5,11,16H2,1H3. The molecule has 1 unspecified atom stereocenters. The van der Waals surface area contributed by atoms with Crippen LogP contribution in [0.4, 0.5) is 0 Å². The zero-order chi connectivity index (χ0) is 12.8. The van der Waals surface area contributed by atoms with Crippen molar-refractivity contribution in [3.8, 4) is 0 Å². The van der Waals surface area contributed by atoms with Gasteiger partial charge in [-0.1, -0.05) is 43.7 Å². The molecule has 0 saturated heterocycles. The second kappa shape index (κ2) is 6.69. The number of thiophene rings is 1. The number of nitrogens with one attached hydrogen (secondary N) is 1. The lowest BCUT2D eigenvalue weighted by molar-refractivity contribution is 0.555. The van der Waals surface area contributed by atoms with Crippen molar-refractivity contribution in [1.82, 2.24) is 5.43 Å². The highest BCUT2D eigenvalue weighted by Gasteiger charge is 2.11. The van der Waals surface area contributed by atoms with Crippen LogP contribution in [0.1, 0.15) is 35.4 Å². The Morgan fingerprint density at radius 3 is 2.83 bits per heavy atom. The molecular formula is C15H20N2S.